The number of hydrogen-bond acceptors (Lipinski definition) is 1. The number of alkyl halides is 1. The lowest BCUT2D eigenvalue weighted by Crippen LogP contribution is -2.28. The van der Waals surface area contributed by atoms with E-state index in [2.05, 4.69) is 18.7 Å². The molecule has 2 atom stereocenters. The first-order chi connectivity index (χ1) is 6.22. The van der Waals surface area contributed by atoms with Crippen LogP contribution in [0.4, 0.5) is 4.39 Å². The van der Waals surface area contributed by atoms with Crippen molar-refractivity contribution < 1.29 is 4.39 Å². The third-order valence-corrected chi connectivity index (χ3v) is 2.92. The van der Waals surface area contributed by atoms with E-state index in [1.807, 2.05) is 0 Å². The van der Waals surface area contributed by atoms with Gasteiger partial charge in [-0.25, -0.2) is 0 Å². The summed E-state index contributed by atoms with van der Waals surface area (Å²) in [5.74, 6) is 1.64. The molecular weight excluding hydrogens is 165 g/mol. The summed E-state index contributed by atoms with van der Waals surface area (Å²) in [6.45, 7) is 7.77. The van der Waals surface area contributed by atoms with Crippen molar-refractivity contribution in [3.63, 3.8) is 0 Å². The van der Waals surface area contributed by atoms with Crippen LogP contribution in [0, 0.1) is 11.8 Å². The van der Waals surface area contributed by atoms with Crippen molar-refractivity contribution in [1.82, 2.24) is 4.90 Å². The van der Waals surface area contributed by atoms with E-state index in [-0.39, 0.29) is 6.67 Å². The van der Waals surface area contributed by atoms with Crippen LogP contribution in [0.25, 0.3) is 0 Å². The summed E-state index contributed by atoms with van der Waals surface area (Å²) in [5.41, 5.74) is 0. The minimum atomic E-state index is -0.166. The Kier molecular flexibility index (Phi) is 4.71. The summed E-state index contributed by atoms with van der Waals surface area (Å²) < 4.78 is 12.0. The molecule has 78 valence electrons. The Balaban J connectivity index is 2.30. The summed E-state index contributed by atoms with van der Waals surface area (Å²) in [6.07, 6.45) is 3.34. The molecule has 1 fully saturated rings. The summed E-state index contributed by atoms with van der Waals surface area (Å²) in [4.78, 5) is 2.42. The molecule has 13 heavy (non-hydrogen) atoms. The molecule has 0 N–H and O–H groups in total. The molecule has 2 heteroatoms. The predicted octanol–water partition coefficient (Wildman–Crippen LogP) is 2.71. The van der Waals surface area contributed by atoms with Gasteiger partial charge in [0.1, 0.15) is 0 Å². The molecule has 1 rings (SSSR count). The highest BCUT2D eigenvalue weighted by atomic mass is 19.1. The second-order valence-corrected chi connectivity index (χ2v) is 4.58. The van der Waals surface area contributed by atoms with Gasteiger partial charge in [0.2, 0.25) is 0 Å². The van der Waals surface area contributed by atoms with Crippen LogP contribution in [0.15, 0.2) is 0 Å². The highest BCUT2D eigenvalue weighted by Crippen LogP contribution is 2.21. The third-order valence-electron chi connectivity index (χ3n) is 2.92. The molecule has 0 radical (unpaired) electrons. The molecule has 2 unspecified atom stereocenters. The number of halogens is 1. The SMILES string of the molecule is CC1CCN(CCCF)CC(C)C1. The highest BCUT2D eigenvalue weighted by molar-refractivity contribution is 4.71. The zero-order valence-corrected chi connectivity index (χ0v) is 8.93. The van der Waals surface area contributed by atoms with E-state index >= 15 is 0 Å². The first-order valence-corrected chi connectivity index (χ1v) is 5.50. The molecule has 1 heterocycles. The average Bonchev–Trinajstić information content (AvgIpc) is 2.23. The monoisotopic (exact) mass is 187 g/mol. The van der Waals surface area contributed by atoms with Gasteiger partial charge in [0.25, 0.3) is 0 Å². The van der Waals surface area contributed by atoms with Gasteiger partial charge in [-0.2, -0.15) is 0 Å². The Labute approximate surface area is 81.3 Å². The molecular formula is C11H22FN. The molecule has 0 aromatic rings. The molecule has 0 amide bonds. The largest absolute Gasteiger partial charge is 0.303 e. The zero-order chi connectivity index (χ0) is 9.68. The number of likely N-dealkylation sites (tertiary alicyclic amines) is 1. The normalized spacial score (nSPS) is 31.6. The molecule has 1 aliphatic heterocycles. The Morgan fingerprint density at radius 3 is 2.77 bits per heavy atom. The second kappa shape index (κ2) is 5.58. The van der Waals surface area contributed by atoms with Gasteiger partial charge >= 0.3 is 0 Å². The van der Waals surface area contributed by atoms with Crippen LogP contribution in [0.3, 0.4) is 0 Å². The Bertz CT molecular complexity index is 138. The van der Waals surface area contributed by atoms with Crippen molar-refractivity contribution in [2.45, 2.75) is 33.1 Å². The smallest absolute Gasteiger partial charge is 0.0906 e. The zero-order valence-electron chi connectivity index (χ0n) is 8.93. The van der Waals surface area contributed by atoms with Gasteiger partial charge < -0.3 is 4.90 Å². The van der Waals surface area contributed by atoms with Crippen LogP contribution >= 0.6 is 0 Å². The summed E-state index contributed by atoms with van der Waals surface area (Å²) in [5, 5.41) is 0. The van der Waals surface area contributed by atoms with Crippen LogP contribution in [0.1, 0.15) is 33.1 Å². The summed E-state index contributed by atoms with van der Waals surface area (Å²) in [6, 6.07) is 0. The van der Waals surface area contributed by atoms with Crippen molar-refractivity contribution in [1.29, 1.82) is 0 Å². The van der Waals surface area contributed by atoms with E-state index in [0.29, 0.717) is 6.42 Å². The molecule has 1 saturated heterocycles. The third kappa shape index (κ3) is 4.08. The molecule has 0 aromatic heterocycles. The van der Waals surface area contributed by atoms with Gasteiger partial charge in [-0.3, -0.25) is 4.39 Å². The second-order valence-electron chi connectivity index (χ2n) is 4.58. The lowest BCUT2D eigenvalue weighted by Gasteiger charge is -2.21. The van der Waals surface area contributed by atoms with Crippen molar-refractivity contribution >= 4 is 0 Å². The fraction of sp³-hybridized carbons (Fsp3) is 1.00. The Hall–Kier alpha value is -0.110. The van der Waals surface area contributed by atoms with Crippen LogP contribution in [-0.2, 0) is 0 Å². The van der Waals surface area contributed by atoms with E-state index < -0.39 is 0 Å². The predicted molar refractivity (Wildman–Crippen MR) is 54.6 cm³/mol. The van der Waals surface area contributed by atoms with Crippen molar-refractivity contribution in [2.75, 3.05) is 26.3 Å². The minimum absolute atomic E-state index is 0.166. The molecule has 0 aliphatic carbocycles. The van der Waals surface area contributed by atoms with Gasteiger partial charge in [-0.15, -0.1) is 0 Å². The van der Waals surface area contributed by atoms with Gasteiger partial charge in [0.05, 0.1) is 6.67 Å². The van der Waals surface area contributed by atoms with Crippen LogP contribution in [0.5, 0.6) is 0 Å². The van der Waals surface area contributed by atoms with Crippen molar-refractivity contribution in [2.24, 2.45) is 11.8 Å². The van der Waals surface area contributed by atoms with E-state index in [4.69, 9.17) is 0 Å². The van der Waals surface area contributed by atoms with E-state index in [0.717, 1.165) is 18.4 Å². The Morgan fingerprint density at radius 2 is 2.08 bits per heavy atom. The fourth-order valence-corrected chi connectivity index (χ4v) is 2.30. The molecule has 0 aromatic carbocycles. The molecule has 0 bridgehead atoms. The van der Waals surface area contributed by atoms with Gasteiger partial charge in [-0.1, -0.05) is 13.8 Å². The average molecular weight is 187 g/mol. The molecule has 0 spiro atoms. The standard InChI is InChI=1S/C11H22FN/c1-10-4-7-13(6-3-5-12)9-11(2)8-10/h10-11H,3-9H2,1-2H3. The maximum atomic E-state index is 12.0. The summed E-state index contributed by atoms with van der Waals surface area (Å²) >= 11 is 0. The van der Waals surface area contributed by atoms with E-state index in [1.165, 1.54) is 25.9 Å². The van der Waals surface area contributed by atoms with Gasteiger partial charge in [0.15, 0.2) is 0 Å². The molecule has 1 nitrogen and oxygen atoms in total. The lowest BCUT2D eigenvalue weighted by atomic mass is 9.97. The van der Waals surface area contributed by atoms with E-state index in [9.17, 15) is 4.39 Å². The van der Waals surface area contributed by atoms with Crippen LogP contribution in [0.2, 0.25) is 0 Å². The topological polar surface area (TPSA) is 3.24 Å². The summed E-state index contributed by atoms with van der Waals surface area (Å²) in [7, 11) is 0. The van der Waals surface area contributed by atoms with Crippen molar-refractivity contribution in [3.8, 4) is 0 Å². The van der Waals surface area contributed by atoms with E-state index in [1.54, 1.807) is 0 Å². The van der Waals surface area contributed by atoms with Crippen LogP contribution in [-0.4, -0.2) is 31.2 Å². The van der Waals surface area contributed by atoms with Gasteiger partial charge in [-0.05, 0) is 37.6 Å². The quantitative estimate of drug-likeness (QED) is 0.656. The highest BCUT2D eigenvalue weighted by Gasteiger charge is 2.18. The maximum absolute atomic E-state index is 12.0. The maximum Gasteiger partial charge on any atom is 0.0906 e. The fourth-order valence-electron chi connectivity index (χ4n) is 2.30. The first kappa shape index (κ1) is 11.0. The number of nitrogens with zero attached hydrogens (tertiary/aromatic N) is 1. The van der Waals surface area contributed by atoms with Crippen LogP contribution < -0.4 is 0 Å². The molecule has 0 saturated carbocycles. The number of hydrogen-bond donors (Lipinski definition) is 0. The minimum Gasteiger partial charge on any atom is -0.303 e. The lowest BCUT2D eigenvalue weighted by molar-refractivity contribution is 0.243. The van der Waals surface area contributed by atoms with Gasteiger partial charge in [0, 0.05) is 13.1 Å². The first-order valence-electron chi connectivity index (χ1n) is 5.50. The Morgan fingerprint density at radius 1 is 1.31 bits per heavy atom. The number of rotatable bonds is 3. The van der Waals surface area contributed by atoms with Crippen molar-refractivity contribution in [3.05, 3.63) is 0 Å². The molecule has 1 aliphatic rings.